The first-order valence-corrected chi connectivity index (χ1v) is 9.08. The molecule has 0 atom stereocenters. The summed E-state index contributed by atoms with van der Waals surface area (Å²) in [6.07, 6.45) is 0. The van der Waals surface area contributed by atoms with E-state index in [1.54, 1.807) is 0 Å². The first-order valence-electron chi connectivity index (χ1n) is 7.74. The van der Waals surface area contributed by atoms with Gasteiger partial charge in [0.1, 0.15) is 0 Å². The van der Waals surface area contributed by atoms with Crippen molar-refractivity contribution in [1.82, 2.24) is 0 Å². The van der Waals surface area contributed by atoms with E-state index in [9.17, 15) is 0 Å². The standard InChI is InChI=1S/C17H14P.C5H5.2Fe/c1-3-9-15(10-4-1)18(17-13-7-8-14-17)16-11-5-2-6-12-16;1-2-4-5-3-1;;/h1-14H;1-5H;;/q2*-1;;+2. The fourth-order valence-electron chi connectivity index (χ4n) is 2.44. The summed E-state index contributed by atoms with van der Waals surface area (Å²) in [5.74, 6) is 0. The van der Waals surface area contributed by atoms with E-state index < -0.39 is 7.92 Å². The Morgan fingerprint density at radius 3 is 1.40 bits per heavy atom. The van der Waals surface area contributed by atoms with Gasteiger partial charge >= 0.3 is 17.1 Å². The zero-order valence-corrected chi connectivity index (χ0v) is 16.7. The van der Waals surface area contributed by atoms with Crippen molar-refractivity contribution < 1.29 is 34.1 Å². The molecular weight excluding hydrogens is 407 g/mol. The van der Waals surface area contributed by atoms with Crippen molar-refractivity contribution >= 4 is 23.8 Å². The van der Waals surface area contributed by atoms with Gasteiger partial charge < -0.3 is 0 Å². The van der Waals surface area contributed by atoms with Crippen LogP contribution in [0.25, 0.3) is 0 Å². The van der Waals surface area contributed by atoms with Crippen molar-refractivity contribution in [1.29, 1.82) is 0 Å². The molecule has 0 N–H and O–H groups in total. The predicted molar refractivity (Wildman–Crippen MR) is 103 cm³/mol. The Kier molecular flexibility index (Phi) is 10.4. The van der Waals surface area contributed by atoms with E-state index in [0.717, 1.165) is 0 Å². The maximum absolute atomic E-state index is 2.23. The molecule has 0 aromatic heterocycles. The van der Waals surface area contributed by atoms with Crippen molar-refractivity contribution in [3.05, 3.63) is 115 Å². The molecule has 4 aromatic carbocycles. The van der Waals surface area contributed by atoms with Gasteiger partial charge in [0, 0.05) is 17.1 Å². The zero-order chi connectivity index (χ0) is 15.7. The van der Waals surface area contributed by atoms with E-state index >= 15 is 0 Å². The van der Waals surface area contributed by atoms with Crippen LogP contribution < -0.4 is 15.9 Å². The average molecular weight is 426 g/mol. The third-order valence-electron chi connectivity index (χ3n) is 3.49. The molecule has 25 heavy (non-hydrogen) atoms. The Morgan fingerprint density at radius 2 is 1.04 bits per heavy atom. The summed E-state index contributed by atoms with van der Waals surface area (Å²) in [5.41, 5.74) is 0. The minimum atomic E-state index is -0.409. The van der Waals surface area contributed by atoms with E-state index in [4.69, 9.17) is 0 Å². The second-order valence-electron chi connectivity index (χ2n) is 5.11. The molecule has 0 saturated carbocycles. The minimum absolute atomic E-state index is 0. The van der Waals surface area contributed by atoms with Crippen LogP contribution in [0, 0.1) is 0 Å². The van der Waals surface area contributed by atoms with E-state index in [0.29, 0.717) is 0 Å². The van der Waals surface area contributed by atoms with Crippen molar-refractivity contribution in [3.8, 4) is 0 Å². The first kappa shape index (κ1) is 21.7. The average Bonchev–Trinajstić information content (AvgIpc) is 3.34. The molecule has 0 heterocycles. The molecule has 0 aliphatic carbocycles. The topological polar surface area (TPSA) is 0 Å². The molecule has 0 fully saturated rings. The second kappa shape index (κ2) is 12.0. The predicted octanol–water partition coefficient (Wildman–Crippen LogP) is 4.56. The monoisotopic (exact) mass is 426 g/mol. The Morgan fingerprint density at radius 1 is 0.600 bits per heavy atom. The molecule has 0 radical (unpaired) electrons. The van der Waals surface area contributed by atoms with Crippen molar-refractivity contribution in [3.63, 3.8) is 0 Å². The summed E-state index contributed by atoms with van der Waals surface area (Å²) in [5, 5.41) is 4.23. The molecule has 0 saturated heterocycles. The smallest absolute Gasteiger partial charge is 0.214 e. The van der Waals surface area contributed by atoms with Gasteiger partial charge in [0.2, 0.25) is 0 Å². The molecule has 0 spiro atoms. The van der Waals surface area contributed by atoms with Crippen molar-refractivity contribution in [2.45, 2.75) is 0 Å². The number of hydrogen-bond donors (Lipinski definition) is 0. The number of hydrogen-bond acceptors (Lipinski definition) is 0. The normalized spacial score (nSPS) is 9.32. The molecule has 0 bridgehead atoms. The Labute approximate surface area is 172 Å². The van der Waals surface area contributed by atoms with Gasteiger partial charge in [-0.25, -0.2) is 24.3 Å². The fraction of sp³-hybridized carbons (Fsp3) is 0. The van der Waals surface area contributed by atoms with Crippen LogP contribution in [0.15, 0.2) is 115 Å². The maximum atomic E-state index is 2.23. The van der Waals surface area contributed by atoms with Crippen LogP contribution in [0.1, 0.15) is 0 Å². The molecule has 0 aliphatic heterocycles. The Balaban J connectivity index is 0.000000388. The molecular formula is C22H19Fe2P. The van der Waals surface area contributed by atoms with Gasteiger partial charge in [-0.1, -0.05) is 68.6 Å². The fourth-order valence-corrected chi connectivity index (χ4v) is 4.74. The summed E-state index contributed by atoms with van der Waals surface area (Å²) in [6.45, 7) is 0. The van der Waals surface area contributed by atoms with Gasteiger partial charge in [-0.3, -0.25) is 0 Å². The second-order valence-corrected chi connectivity index (χ2v) is 7.33. The first-order chi connectivity index (χ1) is 11.4. The summed E-state index contributed by atoms with van der Waals surface area (Å²) in [7, 11) is -0.409. The molecule has 4 rings (SSSR count). The van der Waals surface area contributed by atoms with Gasteiger partial charge in [0.05, 0.1) is 0 Å². The quantitative estimate of drug-likeness (QED) is 0.256. The van der Waals surface area contributed by atoms with Gasteiger partial charge in [0.25, 0.3) is 0 Å². The largest absolute Gasteiger partial charge is 2.00 e. The third kappa shape index (κ3) is 6.44. The van der Waals surface area contributed by atoms with Crippen LogP contribution in [-0.4, -0.2) is 0 Å². The summed E-state index contributed by atoms with van der Waals surface area (Å²) in [6, 6.07) is 40.2. The van der Waals surface area contributed by atoms with Gasteiger partial charge in [0.15, 0.2) is 0 Å². The van der Waals surface area contributed by atoms with E-state index in [1.807, 2.05) is 30.3 Å². The number of benzene rings is 2. The molecule has 0 amide bonds. The SMILES string of the molecule is [Fe+2].[Fe].c1cc[cH-]c1.c1ccc(P(c2ccccc2)[c-]2cccc2)cc1. The van der Waals surface area contributed by atoms with Crippen LogP contribution in [-0.2, 0) is 34.1 Å². The molecule has 0 nitrogen and oxygen atoms in total. The number of rotatable bonds is 3. The van der Waals surface area contributed by atoms with Gasteiger partial charge in [-0.15, -0.1) is 5.30 Å². The van der Waals surface area contributed by atoms with Crippen LogP contribution >= 0.6 is 7.92 Å². The molecule has 0 aliphatic rings. The van der Waals surface area contributed by atoms with E-state index in [1.165, 1.54) is 15.9 Å². The van der Waals surface area contributed by atoms with Gasteiger partial charge in [-0.05, 0) is 10.6 Å². The van der Waals surface area contributed by atoms with Crippen LogP contribution in [0.5, 0.6) is 0 Å². The maximum Gasteiger partial charge on any atom is 2.00 e. The Hall–Kier alpha value is -1.39. The van der Waals surface area contributed by atoms with Gasteiger partial charge in [-0.2, -0.15) is 30.3 Å². The molecule has 0 unspecified atom stereocenters. The summed E-state index contributed by atoms with van der Waals surface area (Å²) < 4.78 is 0. The van der Waals surface area contributed by atoms with E-state index in [-0.39, 0.29) is 34.1 Å². The van der Waals surface area contributed by atoms with Crippen LogP contribution in [0.3, 0.4) is 0 Å². The van der Waals surface area contributed by atoms with Crippen molar-refractivity contribution in [2.24, 2.45) is 0 Å². The Bertz CT molecular complexity index is 707. The zero-order valence-electron chi connectivity index (χ0n) is 13.6. The van der Waals surface area contributed by atoms with Crippen LogP contribution in [0.2, 0.25) is 0 Å². The van der Waals surface area contributed by atoms with Crippen LogP contribution in [0.4, 0.5) is 0 Å². The summed E-state index contributed by atoms with van der Waals surface area (Å²) >= 11 is 0. The van der Waals surface area contributed by atoms with E-state index in [2.05, 4.69) is 84.9 Å². The molecule has 4 aromatic rings. The summed E-state index contributed by atoms with van der Waals surface area (Å²) in [4.78, 5) is 0. The minimum Gasteiger partial charge on any atom is -0.214 e. The third-order valence-corrected chi connectivity index (χ3v) is 5.93. The van der Waals surface area contributed by atoms with Crippen molar-refractivity contribution in [2.75, 3.05) is 0 Å². The molecule has 128 valence electrons. The molecule has 3 heteroatoms.